The zero-order chi connectivity index (χ0) is 20.6. The summed E-state index contributed by atoms with van der Waals surface area (Å²) in [6.45, 7) is 6.80. The molecule has 10 heteroatoms. The molecule has 0 aliphatic rings. The van der Waals surface area contributed by atoms with E-state index < -0.39 is 0 Å². The summed E-state index contributed by atoms with van der Waals surface area (Å²) >= 11 is 1.52. The normalized spacial score (nSPS) is 11.9. The molecule has 0 fully saturated rings. The topological polar surface area (TPSA) is 103 Å². The van der Waals surface area contributed by atoms with Gasteiger partial charge < -0.3 is 15.4 Å². The minimum absolute atomic E-state index is 0.255. The largest absolute Gasteiger partial charge is 0.493 e. The van der Waals surface area contributed by atoms with Crippen molar-refractivity contribution >= 4 is 23.7 Å². The smallest absolute Gasteiger partial charge is 0.258 e. The van der Waals surface area contributed by atoms with Gasteiger partial charge in [-0.1, -0.05) is 36.4 Å². The van der Waals surface area contributed by atoms with E-state index in [1.54, 1.807) is 18.1 Å². The number of aryl methyl sites for hydroxylation is 1. The highest BCUT2D eigenvalue weighted by Crippen LogP contribution is 2.16. The third-order valence-electron chi connectivity index (χ3n) is 4.12. The van der Waals surface area contributed by atoms with E-state index in [2.05, 4.69) is 56.4 Å². The van der Waals surface area contributed by atoms with Crippen LogP contribution < -0.4 is 15.4 Å². The van der Waals surface area contributed by atoms with Gasteiger partial charge in [-0.15, -0.1) is 5.10 Å². The van der Waals surface area contributed by atoms with E-state index in [-0.39, 0.29) is 6.04 Å². The molecule has 3 rings (SSSR count). The number of anilines is 2. The molecule has 0 radical (unpaired) electrons. The molecule has 1 atom stereocenters. The monoisotopic (exact) mass is 414 g/mol. The first-order valence-corrected chi connectivity index (χ1v) is 10.5. The fraction of sp³-hybridized carbons (Fsp3) is 0.421. The van der Waals surface area contributed by atoms with Gasteiger partial charge in [-0.25, -0.2) is 4.98 Å². The summed E-state index contributed by atoms with van der Waals surface area (Å²) in [4.78, 5) is 17.5. The average molecular weight is 415 g/mol. The van der Waals surface area contributed by atoms with E-state index in [1.165, 1.54) is 17.3 Å². The predicted octanol–water partition coefficient (Wildman–Crippen LogP) is 3.18. The molecule has 1 unspecified atom stereocenters. The Morgan fingerprint density at radius 3 is 2.62 bits per heavy atom. The van der Waals surface area contributed by atoms with Crippen molar-refractivity contribution in [2.75, 3.05) is 30.0 Å². The van der Waals surface area contributed by atoms with E-state index in [9.17, 15) is 0 Å². The maximum Gasteiger partial charge on any atom is 0.258 e. The number of hydrogen-bond donors (Lipinski definition) is 2. The lowest BCUT2D eigenvalue weighted by molar-refractivity contribution is 0.344. The Morgan fingerprint density at radius 2 is 1.90 bits per heavy atom. The van der Waals surface area contributed by atoms with Crippen LogP contribution in [0.2, 0.25) is 0 Å². The lowest BCUT2D eigenvalue weighted by Gasteiger charge is -2.12. The summed E-state index contributed by atoms with van der Waals surface area (Å²) in [5, 5.41) is 11.3. The summed E-state index contributed by atoms with van der Waals surface area (Å²) in [5.74, 6) is 2.98. The second-order valence-corrected chi connectivity index (χ2v) is 7.53. The maximum absolute atomic E-state index is 5.74. The molecule has 9 nitrogen and oxygen atoms in total. The highest BCUT2D eigenvalue weighted by atomic mass is 32.2. The molecule has 3 aromatic rings. The summed E-state index contributed by atoms with van der Waals surface area (Å²) in [5.41, 5.74) is 1.21. The predicted molar refractivity (Wildman–Crippen MR) is 115 cm³/mol. The first-order chi connectivity index (χ1) is 14.1. The van der Waals surface area contributed by atoms with Crippen LogP contribution >= 0.6 is 11.8 Å². The van der Waals surface area contributed by atoms with Crippen molar-refractivity contribution < 1.29 is 4.74 Å². The summed E-state index contributed by atoms with van der Waals surface area (Å²) in [7, 11) is 1.77. The fourth-order valence-electron chi connectivity index (χ4n) is 2.30. The van der Waals surface area contributed by atoms with Gasteiger partial charge in [-0.05, 0) is 32.4 Å². The van der Waals surface area contributed by atoms with Gasteiger partial charge in [0.25, 0.3) is 5.95 Å². The van der Waals surface area contributed by atoms with Gasteiger partial charge in [0.05, 0.1) is 6.61 Å². The Balaban J connectivity index is 1.60. The SMILES string of the molecule is CCC(C)Nc1nc(NC)nc(-n2cnc(SCCOc3ccc(C)cc3)n2)n1. The minimum atomic E-state index is 0.255. The molecule has 2 N–H and O–H groups in total. The Labute approximate surface area is 174 Å². The van der Waals surface area contributed by atoms with Crippen LogP contribution in [0.25, 0.3) is 5.95 Å². The van der Waals surface area contributed by atoms with E-state index in [4.69, 9.17) is 4.74 Å². The number of rotatable bonds is 10. The molecule has 0 aliphatic carbocycles. The zero-order valence-corrected chi connectivity index (χ0v) is 17.9. The lowest BCUT2D eigenvalue weighted by Crippen LogP contribution is -2.18. The highest BCUT2D eigenvalue weighted by molar-refractivity contribution is 7.99. The van der Waals surface area contributed by atoms with Crippen molar-refractivity contribution in [2.45, 2.75) is 38.4 Å². The Kier molecular flexibility index (Phi) is 7.23. The van der Waals surface area contributed by atoms with Crippen LogP contribution in [0.4, 0.5) is 11.9 Å². The summed E-state index contributed by atoms with van der Waals surface area (Å²) in [6.07, 6.45) is 2.57. The second-order valence-electron chi connectivity index (χ2n) is 6.47. The van der Waals surface area contributed by atoms with Gasteiger partial charge in [-0.2, -0.15) is 19.6 Å². The Bertz CT molecular complexity index is 915. The van der Waals surface area contributed by atoms with Crippen LogP contribution in [-0.4, -0.2) is 55.2 Å². The zero-order valence-electron chi connectivity index (χ0n) is 17.1. The van der Waals surface area contributed by atoms with Crippen LogP contribution in [0.1, 0.15) is 25.8 Å². The standard InChI is InChI=1S/C19H26N8OS/c1-5-14(3)22-17-23-16(20-4)24-18(25-17)27-12-21-19(26-27)29-11-10-28-15-8-6-13(2)7-9-15/h6-9,12,14H,5,10-11H2,1-4H3,(H2,20,22,23,24,25). The Morgan fingerprint density at radius 1 is 1.14 bits per heavy atom. The van der Waals surface area contributed by atoms with E-state index in [0.29, 0.717) is 29.6 Å². The van der Waals surface area contributed by atoms with Crippen LogP contribution in [-0.2, 0) is 0 Å². The maximum atomic E-state index is 5.74. The third-order valence-corrected chi connectivity index (χ3v) is 4.93. The summed E-state index contributed by atoms with van der Waals surface area (Å²) < 4.78 is 7.28. The van der Waals surface area contributed by atoms with Gasteiger partial charge in [0.2, 0.25) is 17.1 Å². The molecule has 2 aromatic heterocycles. The number of hydrogen-bond acceptors (Lipinski definition) is 9. The van der Waals surface area contributed by atoms with Gasteiger partial charge in [0, 0.05) is 18.8 Å². The first kappa shape index (κ1) is 20.8. The van der Waals surface area contributed by atoms with Crippen molar-refractivity contribution in [3.8, 4) is 11.7 Å². The van der Waals surface area contributed by atoms with Crippen LogP contribution in [0, 0.1) is 6.92 Å². The van der Waals surface area contributed by atoms with Crippen LogP contribution in [0.5, 0.6) is 5.75 Å². The first-order valence-electron chi connectivity index (χ1n) is 9.52. The molecule has 1 aromatic carbocycles. The molecule has 0 spiro atoms. The number of nitrogens with one attached hydrogen (secondary N) is 2. The second kappa shape index (κ2) is 10.1. The van der Waals surface area contributed by atoms with Gasteiger partial charge >= 0.3 is 0 Å². The van der Waals surface area contributed by atoms with Crippen molar-refractivity contribution in [3.05, 3.63) is 36.2 Å². The number of ether oxygens (including phenoxy) is 1. The number of benzene rings is 1. The quantitative estimate of drug-likeness (QED) is 0.382. The number of aromatic nitrogens is 6. The van der Waals surface area contributed by atoms with Crippen LogP contribution in [0.3, 0.4) is 0 Å². The van der Waals surface area contributed by atoms with Crippen LogP contribution in [0.15, 0.2) is 35.7 Å². The molecule has 2 heterocycles. The lowest BCUT2D eigenvalue weighted by atomic mass is 10.2. The minimum Gasteiger partial charge on any atom is -0.493 e. The van der Waals surface area contributed by atoms with Gasteiger partial charge in [-0.3, -0.25) is 0 Å². The molecule has 0 saturated heterocycles. The molecule has 0 saturated carbocycles. The number of thioether (sulfide) groups is 1. The fourth-order valence-corrected chi connectivity index (χ4v) is 2.92. The molecule has 29 heavy (non-hydrogen) atoms. The van der Waals surface area contributed by atoms with Gasteiger partial charge in [0.15, 0.2) is 0 Å². The number of nitrogens with zero attached hydrogens (tertiary/aromatic N) is 6. The van der Waals surface area contributed by atoms with Gasteiger partial charge in [0.1, 0.15) is 12.1 Å². The molecule has 0 aliphatic heterocycles. The summed E-state index contributed by atoms with van der Waals surface area (Å²) in [6, 6.07) is 8.26. The van der Waals surface area contributed by atoms with Crippen molar-refractivity contribution in [1.82, 2.24) is 29.7 Å². The van der Waals surface area contributed by atoms with Crippen molar-refractivity contribution in [3.63, 3.8) is 0 Å². The molecular formula is C19H26N8OS. The molecule has 0 bridgehead atoms. The third kappa shape index (κ3) is 6.05. The highest BCUT2D eigenvalue weighted by Gasteiger charge is 2.11. The molecular weight excluding hydrogens is 388 g/mol. The van der Waals surface area contributed by atoms with E-state index >= 15 is 0 Å². The van der Waals surface area contributed by atoms with Crippen molar-refractivity contribution in [2.24, 2.45) is 0 Å². The Hall–Kier alpha value is -2.88. The van der Waals surface area contributed by atoms with E-state index in [0.717, 1.165) is 17.9 Å². The van der Waals surface area contributed by atoms with E-state index in [1.807, 2.05) is 24.3 Å². The molecule has 0 amide bonds. The molecule has 154 valence electrons. The van der Waals surface area contributed by atoms with Crippen molar-refractivity contribution in [1.29, 1.82) is 0 Å². The average Bonchev–Trinajstić information content (AvgIpc) is 3.21.